The molecule has 0 saturated heterocycles. The molecule has 2 fully saturated rings. The van der Waals surface area contributed by atoms with Crippen molar-refractivity contribution >= 4 is 23.2 Å². The number of aryl methyl sites for hydroxylation is 1. The summed E-state index contributed by atoms with van der Waals surface area (Å²) in [6.07, 6.45) is 7.85. The average molecular weight is 346 g/mol. The van der Waals surface area contributed by atoms with E-state index in [1.165, 1.54) is 25.7 Å². The standard InChI is InChI=1S/C19H24ClN3O/c1-3-16-18(23-10-14(20)6-7-17(23)22-16)19(24)21-11(2)15-9-12-4-5-13(15)8-12/h6-7,10-13,15H,3-5,8-9H2,1-2H3,(H,21,24). The molecule has 2 heterocycles. The monoisotopic (exact) mass is 345 g/mol. The normalized spacial score (nSPS) is 26.9. The molecule has 2 aliphatic rings. The second-order valence-electron chi connectivity index (χ2n) is 7.44. The number of nitrogens with zero attached hydrogens (tertiary/aromatic N) is 2. The molecule has 2 saturated carbocycles. The maximum Gasteiger partial charge on any atom is 0.270 e. The van der Waals surface area contributed by atoms with Gasteiger partial charge < -0.3 is 5.32 Å². The van der Waals surface area contributed by atoms with Crippen molar-refractivity contribution in [3.8, 4) is 0 Å². The molecule has 4 rings (SSSR count). The first-order chi connectivity index (χ1) is 11.6. The molecule has 0 radical (unpaired) electrons. The van der Waals surface area contributed by atoms with E-state index in [0.29, 0.717) is 16.6 Å². The summed E-state index contributed by atoms with van der Waals surface area (Å²) in [5, 5.41) is 3.86. The van der Waals surface area contributed by atoms with Gasteiger partial charge in [-0.1, -0.05) is 24.9 Å². The summed E-state index contributed by atoms with van der Waals surface area (Å²) in [6.45, 7) is 4.19. The maximum atomic E-state index is 13.0. The van der Waals surface area contributed by atoms with Crippen molar-refractivity contribution in [3.63, 3.8) is 0 Å². The first-order valence-corrected chi connectivity index (χ1v) is 9.42. The van der Waals surface area contributed by atoms with Gasteiger partial charge in [0.05, 0.1) is 10.7 Å². The molecule has 1 N–H and O–H groups in total. The van der Waals surface area contributed by atoms with E-state index < -0.39 is 0 Å². The summed E-state index contributed by atoms with van der Waals surface area (Å²) in [5.74, 6) is 2.28. The van der Waals surface area contributed by atoms with Crippen molar-refractivity contribution in [1.82, 2.24) is 14.7 Å². The van der Waals surface area contributed by atoms with E-state index in [0.717, 1.165) is 29.6 Å². The molecule has 24 heavy (non-hydrogen) atoms. The first kappa shape index (κ1) is 15.9. The van der Waals surface area contributed by atoms with E-state index in [1.54, 1.807) is 6.20 Å². The zero-order chi connectivity index (χ0) is 16.8. The molecule has 1 amide bonds. The van der Waals surface area contributed by atoms with E-state index in [9.17, 15) is 4.79 Å². The smallest absolute Gasteiger partial charge is 0.270 e. The van der Waals surface area contributed by atoms with Crippen molar-refractivity contribution < 1.29 is 4.79 Å². The topological polar surface area (TPSA) is 46.4 Å². The van der Waals surface area contributed by atoms with Gasteiger partial charge in [-0.15, -0.1) is 0 Å². The summed E-state index contributed by atoms with van der Waals surface area (Å²) in [5.41, 5.74) is 2.23. The third-order valence-corrected chi connectivity index (χ3v) is 6.22. The van der Waals surface area contributed by atoms with Gasteiger partial charge in [-0.2, -0.15) is 0 Å². The Morgan fingerprint density at radius 3 is 2.92 bits per heavy atom. The van der Waals surface area contributed by atoms with E-state index in [1.807, 2.05) is 23.5 Å². The largest absolute Gasteiger partial charge is 0.348 e. The molecule has 2 bridgehead atoms. The fourth-order valence-electron chi connectivity index (χ4n) is 4.84. The second kappa shape index (κ2) is 6.07. The summed E-state index contributed by atoms with van der Waals surface area (Å²) in [6, 6.07) is 3.88. The Hall–Kier alpha value is -1.55. The van der Waals surface area contributed by atoms with Crippen LogP contribution < -0.4 is 5.32 Å². The molecule has 5 heteroatoms. The predicted octanol–water partition coefficient (Wildman–Crippen LogP) is 4.10. The van der Waals surface area contributed by atoms with Gasteiger partial charge >= 0.3 is 0 Å². The second-order valence-corrected chi connectivity index (χ2v) is 7.87. The van der Waals surface area contributed by atoms with Gasteiger partial charge in [0, 0.05) is 12.2 Å². The van der Waals surface area contributed by atoms with Crippen LogP contribution >= 0.6 is 11.6 Å². The van der Waals surface area contributed by atoms with Crippen LogP contribution in [-0.4, -0.2) is 21.3 Å². The number of fused-ring (bicyclic) bond motifs is 3. The van der Waals surface area contributed by atoms with Crippen LogP contribution in [-0.2, 0) is 6.42 Å². The van der Waals surface area contributed by atoms with Gasteiger partial charge in [0.25, 0.3) is 5.91 Å². The van der Waals surface area contributed by atoms with Crippen molar-refractivity contribution in [1.29, 1.82) is 0 Å². The van der Waals surface area contributed by atoms with Crippen molar-refractivity contribution in [2.75, 3.05) is 0 Å². The minimum Gasteiger partial charge on any atom is -0.348 e. The Morgan fingerprint density at radius 1 is 1.42 bits per heavy atom. The number of rotatable bonds is 4. The summed E-state index contributed by atoms with van der Waals surface area (Å²) in [7, 11) is 0. The highest BCUT2D eigenvalue weighted by molar-refractivity contribution is 6.30. The molecular weight excluding hydrogens is 322 g/mol. The molecule has 2 aromatic rings. The van der Waals surface area contributed by atoms with Crippen LogP contribution in [0.2, 0.25) is 5.02 Å². The fourth-order valence-corrected chi connectivity index (χ4v) is 5.00. The van der Waals surface area contributed by atoms with E-state index in [2.05, 4.69) is 17.2 Å². The highest BCUT2D eigenvalue weighted by Gasteiger charge is 2.42. The number of hydrogen-bond donors (Lipinski definition) is 1. The number of halogens is 1. The zero-order valence-electron chi connectivity index (χ0n) is 14.3. The van der Waals surface area contributed by atoms with Gasteiger partial charge in [0.2, 0.25) is 0 Å². The maximum absolute atomic E-state index is 13.0. The summed E-state index contributed by atoms with van der Waals surface area (Å²) >= 11 is 6.12. The minimum absolute atomic E-state index is 0.0307. The number of amides is 1. The number of aromatic nitrogens is 2. The number of carbonyl (C=O) groups excluding carboxylic acids is 1. The van der Waals surface area contributed by atoms with Crippen LogP contribution in [0.25, 0.3) is 5.65 Å². The molecule has 4 unspecified atom stereocenters. The highest BCUT2D eigenvalue weighted by atomic mass is 35.5. The molecule has 0 spiro atoms. The highest BCUT2D eigenvalue weighted by Crippen LogP contribution is 2.49. The van der Waals surface area contributed by atoms with Gasteiger partial charge in [-0.05, 0) is 62.5 Å². The predicted molar refractivity (Wildman–Crippen MR) is 95.4 cm³/mol. The zero-order valence-corrected chi connectivity index (χ0v) is 15.0. The first-order valence-electron chi connectivity index (χ1n) is 9.04. The number of imidazole rings is 1. The lowest BCUT2D eigenvalue weighted by molar-refractivity contribution is 0.0908. The molecule has 2 aliphatic carbocycles. The Bertz CT molecular complexity index is 784. The van der Waals surface area contributed by atoms with Gasteiger partial charge in [0.1, 0.15) is 11.3 Å². The Morgan fingerprint density at radius 2 is 2.25 bits per heavy atom. The molecule has 0 aromatic carbocycles. The number of carbonyl (C=O) groups is 1. The minimum atomic E-state index is -0.0307. The van der Waals surface area contributed by atoms with Crippen LogP contribution in [0.3, 0.4) is 0 Å². The van der Waals surface area contributed by atoms with E-state index >= 15 is 0 Å². The third-order valence-electron chi connectivity index (χ3n) is 6.00. The lowest BCUT2D eigenvalue weighted by Gasteiger charge is -2.28. The average Bonchev–Trinajstić information content (AvgIpc) is 3.27. The lowest BCUT2D eigenvalue weighted by atomic mass is 9.84. The molecule has 4 atom stereocenters. The molecular formula is C19H24ClN3O. The summed E-state index contributed by atoms with van der Waals surface area (Å²) in [4.78, 5) is 17.5. The van der Waals surface area contributed by atoms with Crippen molar-refractivity contribution in [2.45, 2.75) is 52.0 Å². The quantitative estimate of drug-likeness (QED) is 0.906. The number of nitrogens with one attached hydrogen (secondary N) is 1. The van der Waals surface area contributed by atoms with Crippen molar-refractivity contribution in [3.05, 3.63) is 34.7 Å². The van der Waals surface area contributed by atoms with E-state index in [-0.39, 0.29) is 11.9 Å². The van der Waals surface area contributed by atoms with Gasteiger partial charge in [-0.25, -0.2) is 4.98 Å². The van der Waals surface area contributed by atoms with Crippen molar-refractivity contribution in [2.24, 2.45) is 17.8 Å². The third kappa shape index (κ3) is 2.61. The molecule has 4 nitrogen and oxygen atoms in total. The van der Waals surface area contributed by atoms with Gasteiger partial charge in [0.15, 0.2) is 0 Å². The van der Waals surface area contributed by atoms with Crippen LogP contribution in [0.1, 0.15) is 55.7 Å². The Labute approximate surface area is 147 Å². The Kier molecular flexibility index (Phi) is 4.03. The number of pyridine rings is 1. The fraction of sp³-hybridized carbons (Fsp3) is 0.579. The SMILES string of the molecule is CCc1nc2ccc(Cl)cn2c1C(=O)NC(C)C1CC2CCC1C2. The summed E-state index contributed by atoms with van der Waals surface area (Å²) < 4.78 is 1.82. The van der Waals surface area contributed by atoms with Crippen LogP contribution in [0.15, 0.2) is 18.3 Å². The van der Waals surface area contributed by atoms with Gasteiger partial charge in [-0.3, -0.25) is 9.20 Å². The Balaban J connectivity index is 1.60. The van der Waals surface area contributed by atoms with Crippen LogP contribution in [0, 0.1) is 17.8 Å². The molecule has 128 valence electrons. The lowest BCUT2D eigenvalue weighted by Crippen LogP contribution is -2.40. The van der Waals surface area contributed by atoms with Crippen LogP contribution in [0.4, 0.5) is 0 Å². The molecule has 0 aliphatic heterocycles. The van der Waals surface area contributed by atoms with Crippen LogP contribution in [0.5, 0.6) is 0 Å². The van der Waals surface area contributed by atoms with E-state index in [4.69, 9.17) is 11.6 Å². The number of hydrogen-bond acceptors (Lipinski definition) is 2. The molecule has 2 aromatic heterocycles.